The molecule has 0 bridgehead atoms. The number of rotatable bonds is 8. The summed E-state index contributed by atoms with van der Waals surface area (Å²) in [7, 11) is 1.58. The van der Waals surface area contributed by atoms with E-state index in [4.69, 9.17) is 4.74 Å². The minimum absolute atomic E-state index is 0.0132. The van der Waals surface area contributed by atoms with E-state index in [-0.39, 0.29) is 23.4 Å². The van der Waals surface area contributed by atoms with Crippen molar-refractivity contribution < 1.29 is 19.1 Å². The molecule has 0 heterocycles. The Morgan fingerprint density at radius 3 is 2.33 bits per heavy atom. The van der Waals surface area contributed by atoms with Crippen molar-refractivity contribution in [3.05, 3.63) is 53.6 Å². The third kappa shape index (κ3) is 6.45. The number of benzene rings is 2. The lowest BCUT2D eigenvalue weighted by molar-refractivity contribution is -0.114. The highest BCUT2D eigenvalue weighted by atomic mass is 32.2. The lowest BCUT2D eigenvalue weighted by Crippen LogP contribution is -2.14. The van der Waals surface area contributed by atoms with E-state index in [0.717, 1.165) is 5.56 Å². The molecule has 0 saturated carbocycles. The summed E-state index contributed by atoms with van der Waals surface area (Å²) in [5.74, 6) is 1.15. The van der Waals surface area contributed by atoms with Gasteiger partial charge in [0.15, 0.2) is 5.78 Å². The summed E-state index contributed by atoms with van der Waals surface area (Å²) in [5, 5.41) is 5.48. The molecule has 0 fully saturated rings. The summed E-state index contributed by atoms with van der Waals surface area (Å²) in [6, 6.07) is 12.2. The molecule has 0 aliphatic heterocycles. The number of methoxy groups -OCH3 is 1. The minimum atomic E-state index is -0.171. The monoisotopic (exact) mass is 386 g/mol. The number of hydrogen-bond acceptors (Lipinski definition) is 5. The van der Waals surface area contributed by atoms with Gasteiger partial charge < -0.3 is 15.4 Å². The molecule has 6 nitrogen and oxygen atoms in total. The smallest absolute Gasteiger partial charge is 0.234 e. The molecule has 0 spiro atoms. The molecule has 0 unspecified atom stereocenters. The highest BCUT2D eigenvalue weighted by Gasteiger charge is 2.09. The van der Waals surface area contributed by atoms with E-state index in [2.05, 4.69) is 10.6 Å². The average Bonchev–Trinajstić information content (AvgIpc) is 2.61. The highest BCUT2D eigenvalue weighted by molar-refractivity contribution is 7.99. The van der Waals surface area contributed by atoms with Gasteiger partial charge in [-0.05, 0) is 43.3 Å². The maximum absolute atomic E-state index is 12.2. The van der Waals surface area contributed by atoms with Crippen LogP contribution in [0, 0.1) is 0 Å². The largest absolute Gasteiger partial charge is 0.496 e. The molecule has 2 rings (SSSR count). The van der Waals surface area contributed by atoms with Crippen LogP contribution in [0.15, 0.2) is 42.5 Å². The first-order valence-electron chi connectivity index (χ1n) is 8.32. The molecule has 2 N–H and O–H groups in total. The fourth-order valence-corrected chi connectivity index (χ4v) is 3.24. The van der Waals surface area contributed by atoms with Crippen LogP contribution in [0.4, 0.5) is 11.4 Å². The van der Waals surface area contributed by atoms with E-state index < -0.39 is 0 Å². The first-order valence-corrected chi connectivity index (χ1v) is 9.47. The Labute approximate surface area is 162 Å². The number of hydrogen-bond donors (Lipinski definition) is 2. The normalized spacial score (nSPS) is 10.2. The number of ketones is 1. The molecule has 7 heteroatoms. The van der Waals surface area contributed by atoms with Gasteiger partial charge in [-0.15, -0.1) is 11.8 Å². The Hall–Kier alpha value is -2.80. The molecule has 0 aliphatic carbocycles. The van der Waals surface area contributed by atoms with Crippen molar-refractivity contribution in [3.8, 4) is 5.75 Å². The average molecular weight is 386 g/mol. The Morgan fingerprint density at radius 2 is 1.70 bits per heavy atom. The van der Waals surface area contributed by atoms with Gasteiger partial charge in [0.05, 0.1) is 12.9 Å². The van der Waals surface area contributed by atoms with E-state index in [9.17, 15) is 14.4 Å². The predicted molar refractivity (Wildman–Crippen MR) is 109 cm³/mol. The Kier molecular flexibility index (Phi) is 7.43. The predicted octanol–water partition coefficient (Wildman–Crippen LogP) is 3.73. The summed E-state index contributed by atoms with van der Waals surface area (Å²) in [5.41, 5.74) is 2.73. The second-order valence-corrected chi connectivity index (χ2v) is 6.87. The summed E-state index contributed by atoms with van der Waals surface area (Å²) < 4.78 is 5.32. The standard InChI is InChI=1S/C20H22N2O4S/c1-13(23)15-7-8-19(26-3)16(9-15)11-27-12-20(25)22-18-6-4-5-17(10-18)21-14(2)24/h4-10H,11-12H2,1-3H3,(H,21,24)(H,22,25). The van der Waals surface area contributed by atoms with Crippen molar-refractivity contribution in [2.45, 2.75) is 19.6 Å². The van der Waals surface area contributed by atoms with Gasteiger partial charge in [-0.3, -0.25) is 14.4 Å². The Bertz CT molecular complexity index is 852. The van der Waals surface area contributed by atoms with E-state index >= 15 is 0 Å². The van der Waals surface area contributed by atoms with Crippen LogP contribution in [0.25, 0.3) is 0 Å². The second kappa shape index (κ2) is 9.78. The molecular weight excluding hydrogens is 364 g/mol. The molecule has 2 aromatic carbocycles. The van der Waals surface area contributed by atoms with Gasteiger partial charge in [0.25, 0.3) is 0 Å². The van der Waals surface area contributed by atoms with E-state index in [1.807, 2.05) is 0 Å². The van der Waals surface area contributed by atoms with E-state index in [0.29, 0.717) is 28.4 Å². The highest BCUT2D eigenvalue weighted by Crippen LogP contribution is 2.25. The van der Waals surface area contributed by atoms with E-state index in [1.54, 1.807) is 49.6 Å². The topological polar surface area (TPSA) is 84.5 Å². The van der Waals surface area contributed by atoms with Crippen LogP contribution in [-0.2, 0) is 15.3 Å². The lowest BCUT2D eigenvalue weighted by Gasteiger charge is -2.10. The number of Topliss-reactive ketones (excluding diaryl/α,β-unsaturated/α-hetero) is 1. The zero-order chi connectivity index (χ0) is 19.8. The molecule has 0 radical (unpaired) electrons. The van der Waals surface area contributed by atoms with Crippen LogP contribution in [-0.4, -0.2) is 30.5 Å². The summed E-state index contributed by atoms with van der Waals surface area (Å²) in [4.78, 5) is 34.8. The van der Waals surface area contributed by atoms with Gasteiger partial charge in [0.1, 0.15) is 5.75 Å². The second-order valence-electron chi connectivity index (χ2n) is 5.89. The molecule has 0 aliphatic rings. The Morgan fingerprint density at radius 1 is 1.00 bits per heavy atom. The number of amides is 2. The zero-order valence-electron chi connectivity index (χ0n) is 15.5. The minimum Gasteiger partial charge on any atom is -0.496 e. The molecular formula is C20H22N2O4S. The van der Waals surface area contributed by atoms with Gasteiger partial charge in [-0.2, -0.15) is 0 Å². The van der Waals surface area contributed by atoms with Crippen molar-refractivity contribution >= 4 is 40.7 Å². The number of ether oxygens (including phenoxy) is 1. The van der Waals surface area contributed by atoms with Crippen LogP contribution >= 0.6 is 11.8 Å². The van der Waals surface area contributed by atoms with Crippen LogP contribution in [0.2, 0.25) is 0 Å². The lowest BCUT2D eigenvalue weighted by atomic mass is 10.1. The Balaban J connectivity index is 1.92. The van der Waals surface area contributed by atoms with Gasteiger partial charge in [-0.25, -0.2) is 0 Å². The molecule has 0 saturated heterocycles. The van der Waals surface area contributed by atoms with Crippen LogP contribution in [0.1, 0.15) is 29.8 Å². The van der Waals surface area contributed by atoms with Gasteiger partial charge in [0, 0.05) is 35.2 Å². The van der Waals surface area contributed by atoms with Crippen molar-refractivity contribution in [2.24, 2.45) is 0 Å². The molecule has 142 valence electrons. The molecule has 0 atom stereocenters. The maximum atomic E-state index is 12.2. The molecule has 0 aromatic heterocycles. The SMILES string of the molecule is COc1ccc(C(C)=O)cc1CSCC(=O)Nc1cccc(NC(C)=O)c1. The number of thioether (sulfide) groups is 1. The number of carbonyl (C=O) groups excluding carboxylic acids is 3. The number of anilines is 2. The fraction of sp³-hybridized carbons (Fsp3) is 0.250. The quantitative estimate of drug-likeness (QED) is 0.676. The fourth-order valence-electron chi connectivity index (χ4n) is 2.44. The van der Waals surface area contributed by atoms with Gasteiger partial charge in [0.2, 0.25) is 11.8 Å². The van der Waals surface area contributed by atoms with Crippen LogP contribution in [0.3, 0.4) is 0 Å². The van der Waals surface area contributed by atoms with Crippen molar-refractivity contribution in [3.63, 3.8) is 0 Å². The van der Waals surface area contributed by atoms with Crippen LogP contribution in [0.5, 0.6) is 5.75 Å². The first kappa shape index (κ1) is 20.5. The number of nitrogens with one attached hydrogen (secondary N) is 2. The van der Waals surface area contributed by atoms with E-state index in [1.165, 1.54) is 25.6 Å². The molecule has 2 amide bonds. The van der Waals surface area contributed by atoms with Crippen molar-refractivity contribution in [1.82, 2.24) is 0 Å². The first-order chi connectivity index (χ1) is 12.9. The van der Waals surface area contributed by atoms with Gasteiger partial charge in [-0.1, -0.05) is 6.07 Å². The summed E-state index contributed by atoms with van der Waals surface area (Å²) in [6.07, 6.45) is 0. The molecule has 2 aromatic rings. The maximum Gasteiger partial charge on any atom is 0.234 e. The number of carbonyl (C=O) groups is 3. The van der Waals surface area contributed by atoms with Crippen molar-refractivity contribution in [1.29, 1.82) is 0 Å². The van der Waals surface area contributed by atoms with Gasteiger partial charge >= 0.3 is 0 Å². The van der Waals surface area contributed by atoms with Crippen molar-refractivity contribution in [2.75, 3.05) is 23.5 Å². The zero-order valence-corrected chi connectivity index (χ0v) is 16.3. The van der Waals surface area contributed by atoms with Crippen LogP contribution < -0.4 is 15.4 Å². The molecule has 27 heavy (non-hydrogen) atoms. The summed E-state index contributed by atoms with van der Waals surface area (Å²) >= 11 is 1.43. The third-order valence-corrected chi connectivity index (χ3v) is 4.63. The summed E-state index contributed by atoms with van der Waals surface area (Å²) in [6.45, 7) is 2.94. The third-order valence-electron chi connectivity index (χ3n) is 3.64.